The van der Waals surface area contributed by atoms with Crippen LogP contribution in [-0.4, -0.2) is 179 Å². The highest BCUT2D eigenvalue weighted by atomic mass is 16.7. The van der Waals surface area contributed by atoms with E-state index in [1.807, 2.05) is 0 Å². The minimum absolute atomic E-state index is 0.673. The van der Waals surface area contributed by atoms with Crippen LogP contribution in [0.1, 0.15) is 6.92 Å². The number of rotatable bonds is 13. The highest BCUT2D eigenvalue weighted by Crippen LogP contribution is 2.27. The summed E-state index contributed by atoms with van der Waals surface area (Å²) in [7, 11) is 0. The third kappa shape index (κ3) is 7.10. The molecule has 2 fully saturated rings. The standard InChI is InChI=1S/C21H38N2O17/c1-5(22)21(36,17(34)18(23)35)16(33)9(26)6(25)3-37-19-15(32)13(30)11(28)8(40-19)4-38-20-14(31)12(29)10(27)7(2-24)39-20/h5-16,19-20,24-33,36H,2-4,22H2,1H3,(H2,23,35)/t5?,6-,7-,8-,9-,10-,11-,12+,13+,14-,15-,16+,19+,20+,21-/m1/s1. The average Bonchev–Trinajstić information content (AvgIpc) is 2.92. The van der Waals surface area contributed by atoms with Gasteiger partial charge in [-0.2, -0.15) is 0 Å². The van der Waals surface area contributed by atoms with Crippen molar-refractivity contribution in [3.8, 4) is 0 Å². The largest absolute Gasteiger partial charge is 0.394 e. The first kappa shape index (κ1) is 34.7. The highest BCUT2D eigenvalue weighted by Gasteiger charge is 2.53. The van der Waals surface area contributed by atoms with Crippen molar-refractivity contribution in [2.75, 3.05) is 19.8 Å². The first-order valence-electron chi connectivity index (χ1n) is 12.1. The van der Waals surface area contributed by atoms with Crippen LogP contribution in [0.2, 0.25) is 0 Å². The Morgan fingerprint density at radius 1 is 0.850 bits per heavy atom. The predicted octanol–water partition coefficient (Wildman–Crippen LogP) is -9.16. The molecular weight excluding hydrogens is 552 g/mol. The number of carbonyl (C=O) groups is 2. The summed E-state index contributed by atoms with van der Waals surface area (Å²) in [6, 6.07) is -1.64. The SMILES string of the molecule is CC(N)[C@](O)(C(=O)C(N)=O)[C@@H](O)[C@H](O)[C@H](O)CO[C@H]1O[C@H](CO[C@H]2O[C@H](CO)[C@@H](O)[C@H](O)[C@H]2O)[C@@H](O)[C@H](O)[C@H]1O. The molecule has 0 aromatic heterocycles. The van der Waals surface area contributed by atoms with Gasteiger partial charge in [-0.05, 0) is 6.92 Å². The maximum Gasteiger partial charge on any atom is 0.288 e. The van der Waals surface area contributed by atoms with E-state index in [1.165, 1.54) is 0 Å². The first-order valence-corrected chi connectivity index (χ1v) is 12.1. The fourth-order valence-corrected chi connectivity index (χ4v) is 4.16. The summed E-state index contributed by atoms with van der Waals surface area (Å²) >= 11 is 0. The molecule has 0 radical (unpaired) electrons. The van der Waals surface area contributed by atoms with Crippen LogP contribution in [0, 0.1) is 0 Å². The number of primary amides is 1. The fraction of sp³-hybridized carbons (Fsp3) is 0.905. The highest BCUT2D eigenvalue weighted by molar-refractivity contribution is 6.39. The number of carbonyl (C=O) groups excluding carboxylic acids is 2. The molecule has 2 aliphatic rings. The fourth-order valence-electron chi connectivity index (χ4n) is 4.16. The quantitative estimate of drug-likeness (QED) is 0.0885. The topological polar surface area (TPSA) is 346 Å². The van der Waals surface area contributed by atoms with Crippen LogP contribution in [0.4, 0.5) is 0 Å². The molecule has 2 saturated heterocycles. The molecule has 1 unspecified atom stereocenters. The Bertz CT molecular complexity index is 850. The van der Waals surface area contributed by atoms with Crippen LogP contribution >= 0.6 is 0 Å². The van der Waals surface area contributed by atoms with E-state index in [4.69, 9.17) is 30.4 Å². The van der Waals surface area contributed by atoms with E-state index in [2.05, 4.69) is 0 Å². The summed E-state index contributed by atoms with van der Waals surface area (Å²) in [5, 5.41) is 111. The minimum atomic E-state index is -3.10. The molecule has 2 aliphatic heterocycles. The molecule has 1 amide bonds. The van der Waals surface area contributed by atoms with Crippen LogP contribution < -0.4 is 11.5 Å². The molecule has 0 spiro atoms. The molecule has 19 heteroatoms. The van der Waals surface area contributed by atoms with Gasteiger partial charge in [0.15, 0.2) is 18.2 Å². The van der Waals surface area contributed by atoms with Crippen molar-refractivity contribution in [3.63, 3.8) is 0 Å². The number of hydrogen-bond acceptors (Lipinski definition) is 18. The number of hydrogen-bond donors (Lipinski definition) is 13. The molecule has 40 heavy (non-hydrogen) atoms. The van der Waals surface area contributed by atoms with E-state index in [0.717, 1.165) is 6.92 Å². The molecular formula is C21H38N2O17. The molecule has 15 atom stereocenters. The second-order valence-electron chi connectivity index (χ2n) is 9.69. The van der Waals surface area contributed by atoms with Gasteiger partial charge >= 0.3 is 0 Å². The Morgan fingerprint density at radius 2 is 1.32 bits per heavy atom. The maximum absolute atomic E-state index is 12.0. The van der Waals surface area contributed by atoms with E-state index < -0.39 is 123 Å². The zero-order chi connectivity index (χ0) is 30.7. The molecule has 234 valence electrons. The predicted molar refractivity (Wildman–Crippen MR) is 123 cm³/mol. The van der Waals surface area contributed by atoms with Gasteiger partial charge < -0.3 is 86.6 Å². The summed E-state index contributed by atoms with van der Waals surface area (Å²) in [4.78, 5) is 23.3. The number of ether oxygens (including phenoxy) is 4. The third-order valence-corrected chi connectivity index (χ3v) is 6.82. The van der Waals surface area contributed by atoms with Gasteiger partial charge in [-0.3, -0.25) is 9.59 Å². The number of nitrogens with two attached hydrogens (primary N) is 2. The lowest BCUT2D eigenvalue weighted by molar-refractivity contribution is -0.333. The molecule has 2 heterocycles. The molecule has 2 rings (SSSR count). The Hall–Kier alpha value is -1.50. The van der Waals surface area contributed by atoms with E-state index in [1.54, 1.807) is 0 Å². The smallest absolute Gasteiger partial charge is 0.288 e. The van der Waals surface area contributed by atoms with Crippen molar-refractivity contribution < 1.29 is 84.7 Å². The summed E-state index contributed by atoms with van der Waals surface area (Å²) in [6.07, 6.45) is -24.2. The van der Waals surface area contributed by atoms with Crippen molar-refractivity contribution in [2.24, 2.45) is 11.5 Å². The van der Waals surface area contributed by atoms with Crippen LogP contribution in [-0.2, 0) is 28.5 Å². The number of Topliss-reactive ketones (excluding diaryl/α,β-unsaturated/α-hetero) is 1. The second kappa shape index (κ2) is 14.1. The van der Waals surface area contributed by atoms with Gasteiger partial charge in [0.2, 0.25) is 0 Å². The van der Waals surface area contributed by atoms with Crippen molar-refractivity contribution in [1.29, 1.82) is 0 Å². The summed E-state index contributed by atoms with van der Waals surface area (Å²) in [5.41, 5.74) is 7.23. The second-order valence-corrected chi connectivity index (χ2v) is 9.69. The van der Waals surface area contributed by atoms with Gasteiger partial charge in [-0.15, -0.1) is 0 Å². The zero-order valence-electron chi connectivity index (χ0n) is 21.2. The van der Waals surface area contributed by atoms with E-state index in [0.29, 0.717) is 0 Å². The summed E-state index contributed by atoms with van der Waals surface area (Å²) < 4.78 is 20.9. The van der Waals surface area contributed by atoms with Crippen molar-refractivity contribution >= 4 is 11.7 Å². The van der Waals surface area contributed by atoms with Crippen LogP contribution in [0.3, 0.4) is 0 Å². The van der Waals surface area contributed by atoms with Crippen LogP contribution in [0.15, 0.2) is 0 Å². The number of aliphatic hydroxyl groups is 11. The molecule has 0 aromatic rings. The van der Waals surface area contributed by atoms with Crippen LogP contribution in [0.25, 0.3) is 0 Å². The number of aliphatic hydroxyl groups excluding tert-OH is 10. The number of amides is 1. The zero-order valence-corrected chi connectivity index (χ0v) is 21.2. The molecule has 0 bridgehead atoms. The van der Waals surface area contributed by atoms with Gasteiger partial charge in [0.25, 0.3) is 11.7 Å². The van der Waals surface area contributed by atoms with Crippen molar-refractivity contribution in [1.82, 2.24) is 0 Å². The third-order valence-electron chi connectivity index (χ3n) is 6.82. The Balaban J connectivity index is 2.04. The monoisotopic (exact) mass is 590 g/mol. The minimum Gasteiger partial charge on any atom is -0.394 e. The van der Waals surface area contributed by atoms with Crippen molar-refractivity contribution in [3.05, 3.63) is 0 Å². The lowest BCUT2D eigenvalue weighted by atomic mass is 9.81. The molecule has 0 aliphatic carbocycles. The van der Waals surface area contributed by atoms with E-state index >= 15 is 0 Å². The average molecular weight is 591 g/mol. The maximum atomic E-state index is 12.0. The summed E-state index contributed by atoms with van der Waals surface area (Å²) in [5.74, 6) is -3.42. The molecule has 0 aromatic carbocycles. The Labute approximate surface area is 226 Å². The van der Waals surface area contributed by atoms with Gasteiger partial charge in [0, 0.05) is 6.04 Å². The summed E-state index contributed by atoms with van der Waals surface area (Å²) in [6.45, 7) is -1.38. The first-order chi connectivity index (χ1) is 18.5. The lowest BCUT2D eigenvalue weighted by Crippen LogP contribution is -2.67. The molecule has 15 N–H and O–H groups in total. The Kier molecular flexibility index (Phi) is 12.2. The van der Waals surface area contributed by atoms with Gasteiger partial charge in [0.1, 0.15) is 67.1 Å². The van der Waals surface area contributed by atoms with E-state index in [-0.39, 0.29) is 0 Å². The van der Waals surface area contributed by atoms with E-state index in [9.17, 15) is 65.8 Å². The van der Waals surface area contributed by atoms with Crippen LogP contribution in [0.5, 0.6) is 0 Å². The number of ketones is 1. The van der Waals surface area contributed by atoms with Crippen molar-refractivity contribution in [2.45, 2.75) is 98.3 Å². The lowest BCUT2D eigenvalue weighted by Gasteiger charge is -2.43. The van der Waals surface area contributed by atoms with Gasteiger partial charge in [-0.25, -0.2) is 0 Å². The Morgan fingerprint density at radius 3 is 1.80 bits per heavy atom. The van der Waals surface area contributed by atoms with Gasteiger partial charge in [0.05, 0.1) is 19.8 Å². The van der Waals surface area contributed by atoms with Gasteiger partial charge in [-0.1, -0.05) is 0 Å². The molecule has 0 saturated carbocycles. The normalized spacial score (nSPS) is 39.5. The molecule has 19 nitrogen and oxygen atoms in total.